The van der Waals surface area contributed by atoms with Crippen molar-refractivity contribution in [2.45, 2.75) is 58.8 Å². The highest BCUT2D eigenvalue weighted by Crippen LogP contribution is 2.37. The number of H-pyrrole nitrogens is 1. The van der Waals surface area contributed by atoms with Crippen molar-refractivity contribution in [2.24, 2.45) is 5.92 Å². The largest absolute Gasteiger partial charge is 0.418 e. The number of aromatic nitrogens is 6. The molecule has 0 saturated carbocycles. The SMILES string of the molecule is CCCc1nc2c(C(F)(F)F)cc(C(=O)N[C@@H](CS)CC(C)C)cc2n1Cc1ccc(-c2ccccc2-c2nn[nH]n2)cc1. The molecule has 0 saturated heterocycles. The molecule has 0 fully saturated rings. The molecule has 0 aliphatic carbocycles. The van der Waals surface area contributed by atoms with Crippen LogP contribution < -0.4 is 5.32 Å². The molecular formula is C32H34F3N7OS. The summed E-state index contributed by atoms with van der Waals surface area (Å²) in [4.78, 5) is 17.7. The first kappa shape index (κ1) is 31.2. The van der Waals surface area contributed by atoms with E-state index in [0.717, 1.165) is 28.3 Å². The number of carbonyl (C=O) groups is 1. The number of alkyl halides is 3. The van der Waals surface area contributed by atoms with Gasteiger partial charge in [-0.1, -0.05) is 69.3 Å². The molecular weight excluding hydrogens is 587 g/mol. The van der Waals surface area contributed by atoms with Crippen LogP contribution in [-0.2, 0) is 19.1 Å². The van der Waals surface area contributed by atoms with Crippen LogP contribution in [0, 0.1) is 5.92 Å². The summed E-state index contributed by atoms with van der Waals surface area (Å²) in [6.45, 7) is 6.27. The van der Waals surface area contributed by atoms with E-state index in [4.69, 9.17) is 0 Å². The first-order chi connectivity index (χ1) is 21.1. The molecule has 0 aliphatic heterocycles. The van der Waals surface area contributed by atoms with Crippen LogP contribution in [0.15, 0.2) is 60.7 Å². The van der Waals surface area contributed by atoms with Crippen LogP contribution in [0.5, 0.6) is 0 Å². The second-order valence-electron chi connectivity index (χ2n) is 11.2. The minimum atomic E-state index is -4.69. The highest BCUT2D eigenvalue weighted by molar-refractivity contribution is 7.80. The molecule has 44 heavy (non-hydrogen) atoms. The average molecular weight is 622 g/mol. The zero-order valence-electron chi connectivity index (χ0n) is 24.7. The number of hydrogen-bond acceptors (Lipinski definition) is 6. The standard InChI is InChI=1S/C32H34F3N7OS/c1-4-7-28-37-29-26(32(33,34)35)15-22(31(43)36-23(18-44)14-19(2)3)16-27(29)42(28)17-20-10-12-21(13-11-20)24-8-5-6-9-25(24)30-38-40-41-39-30/h5-6,8-13,15-16,19,23,44H,4,7,14,17-18H2,1-3H3,(H,36,43)(H,38,39,40,41)/t23-/m1/s1. The van der Waals surface area contributed by atoms with Gasteiger partial charge in [0.1, 0.15) is 11.3 Å². The Kier molecular flexibility index (Phi) is 9.38. The van der Waals surface area contributed by atoms with Gasteiger partial charge in [0.2, 0.25) is 5.82 Å². The number of nitrogens with one attached hydrogen (secondary N) is 2. The van der Waals surface area contributed by atoms with E-state index in [1.165, 1.54) is 6.07 Å². The summed E-state index contributed by atoms with van der Waals surface area (Å²) in [5.41, 5.74) is 2.67. The number of nitrogens with zero attached hydrogens (tertiary/aromatic N) is 5. The molecule has 5 aromatic rings. The van der Waals surface area contributed by atoms with Gasteiger partial charge < -0.3 is 9.88 Å². The maximum Gasteiger partial charge on any atom is 0.418 e. The highest BCUT2D eigenvalue weighted by Gasteiger charge is 2.36. The van der Waals surface area contributed by atoms with Crippen LogP contribution >= 0.6 is 12.6 Å². The topological polar surface area (TPSA) is 101 Å². The van der Waals surface area contributed by atoms with E-state index in [0.29, 0.717) is 36.7 Å². The molecule has 230 valence electrons. The fraction of sp³-hybridized carbons (Fsp3) is 0.344. The Morgan fingerprint density at radius 1 is 1.07 bits per heavy atom. The summed E-state index contributed by atoms with van der Waals surface area (Å²) in [5, 5.41) is 17.2. The molecule has 12 heteroatoms. The number of hydrogen-bond donors (Lipinski definition) is 3. The van der Waals surface area contributed by atoms with Gasteiger partial charge in [-0.15, -0.1) is 10.2 Å². The van der Waals surface area contributed by atoms with Crippen LogP contribution in [0.3, 0.4) is 0 Å². The van der Waals surface area contributed by atoms with Crippen LogP contribution in [0.2, 0.25) is 0 Å². The quantitative estimate of drug-likeness (QED) is 0.138. The minimum Gasteiger partial charge on any atom is -0.348 e. The number of tetrazole rings is 1. The molecule has 1 atom stereocenters. The van der Waals surface area contributed by atoms with E-state index in [1.807, 2.05) is 69.3 Å². The van der Waals surface area contributed by atoms with Crippen LogP contribution in [0.1, 0.15) is 60.9 Å². The highest BCUT2D eigenvalue weighted by atomic mass is 32.1. The summed E-state index contributed by atoms with van der Waals surface area (Å²) in [6.07, 6.45) is -2.84. The van der Waals surface area contributed by atoms with E-state index < -0.39 is 17.6 Å². The summed E-state index contributed by atoms with van der Waals surface area (Å²) in [6, 6.07) is 17.7. The zero-order valence-corrected chi connectivity index (χ0v) is 25.6. The number of halogens is 3. The fourth-order valence-electron chi connectivity index (χ4n) is 5.40. The predicted octanol–water partition coefficient (Wildman–Crippen LogP) is 6.98. The minimum absolute atomic E-state index is 0.0574. The Bertz CT molecular complexity index is 1730. The Morgan fingerprint density at radius 2 is 1.80 bits per heavy atom. The number of aryl methyl sites for hydroxylation is 1. The lowest BCUT2D eigenvalue weighted by atomic mass is 9.98. The summed E-state index contributed by atoms with van der Waals surface area (Å²) >= 11 is 4.33. The molecule has 3 aromatic carbocycles. The Hall–Kier alpha value is -4.19. The number of rotatable bonds is 11. The van der Waals surface area contributed by atoms with E-state index >= 15 is 0 Å². The number of amides is 1. The van der Waals surface area contributed by atoms with Crippen molar-refractivity contribution < 1.29 is 18.0 Å². The van der Waals surface area contributed by atoms with E-state index in [-0.39, 0.29) is 35.1 Å². The molecule has 0 aliphatic rings. The summed E-state index contributed by atoms with van der Waals surface area (Å²) < 4.78 is 44.8. The monoisotopic (exact) mass is 621 g/mol. The van der Waals surface area contributed by atoms with Gasteiger partial charge in [0.05, 0.1) is 11.1 Å². The van der Waals surface area contributed by atoms with Crippen LogP contribution in [0.4, 0.5) is 13.2 Å². The number of benzene rings is 3. The van der Waals surface area contributed by atoms with Crippen molar-refractivity contribution in [2.75, 3.05) is 5.75 Å². The van der Waals surface area contributed by atoms with E-state index in [2.05, 4.69) is 43.6 Å². The molecule has 0 radical (unpaired) electrons. The Morgan fingerprint density at radius 3 is 2.41 bits per heavy atom. The molecule has 1 amide bonds. The van der Waals surface area contributed by atoms with Gasteiger partial charge in [-0.05, 0) is 52.8 Å². The third kappa shape index (κ3) is 6.80. The molecule has 8 nitrogen and oxygen atoms in total. The number of aromatic amines is 1. The smallest absolute Gasteiger partial charge is 0.348 e. The Labute approximate surface area is 258 Å². The maximum absolute atomic E-state index is 14.3. The molecule has 5 rings (SSSR count). The Balaban J connectivity index is 1.54. The van der Waals surface area contributed by atoms with Gasteiger partial charge in [-0.25, -0.2) is 4.98 Å². The van der Waals surface area contributed by atoms with Gasteiger partial charge >= 0.3 is 6.18 Å². The first-order valence-electron chi connectivity index (χ1n) is 14.5. The van der Waals surface area contributed by atoms with Gasteiger partial charge in [0.25, 0.3) is 5.91 Å². The van der Waals surface area contributed by atoms with Crippen molar-refractivity contribution >= 4 is 29.6 Å². The molecule has 0 bridgehead atoms. The average Bonchev–Trinajstić information content (AvgIpc) is 3.65. The summed E-state index contributed by atoms with van der Waals surface area (Å²) in [5.74, 6) is 1.12. The van der Waals surface area contributed by atoms with Crippen molar-refractivity contribution in [1.29, 1.82) is 0 Å². The second kappa shape index (κ2) is 13.2. The molecule has 2 aromatic heterocycles. The predicted molar refractivity (Wildman–Crippen MR) is 167 cm³/mol. The lowest BCUT2D eigenvalue weighted by Crippen LogP contribution is -2.37. The third-order valence-electron chi connectivity index (χ3n) is 7.40. The first-order valence-corrected chi connectivity index (χ1v) is 15.2. The lowest BCUT2D eigenvalue weighted by Gasteiger charge is -2.19. The van der Waals surface area contributed by atoms with Crippen molar-refractivity contribution in [3.05, 3.63) is 83.2 Å². The number of thiol groups is 1. The van der Waals surface area contributed by atoms with Crippen molar-refractivity contribution in [1.82, 2.24) is 35.5 Å². The van der Waals surface area contributed by atoms with Crippen LogP contribution in [-0.4, -0.2) is 47.9 Å². The van der Waals surface area contributed by atoms with Gasteiger partial charge in [-0.2, -0.15) is 31.0 Å². The van der Waals surface area contributed by atoms with Gasteiger partial charge in [0, 0.05) is 35.9 Å². The molecule has 2 heterocycles. The van der Waals surface area contributed by atoms with E-state index in [1.54, 1.807) is 4.57 Å². The lowest BCUT2D eigenvalue weighted by molar-refractivity contribution is -0.136. The fourth-order valence-corrected chi connectivity index (χ4v) is 5.64. The molecule has 0 spiro atoms. The normalized spacial score (nSPS) is 12.6. The zero-order chi connectivity index (χ0) is 31.4. The van der Waals surface area contributed by atoms with E-state index in [9.17, 15) is 18.0 Å². The van der Waals surface area contributed by atoms with Crippen molar-refractivity contribution in [3.63, 3.8) is 0 Å². The van der Waals surface area contributed by atoms with Gasteiger partial charge in [-0.3, -0.25) is 4.79 Å². The molecule has 0 unspecified atom stereocenters. The number of fused-ring (bicyclic) bond motifs is 1. The maximum atomic E-state index is 14.3. The van der Waals surface area contributed by atoms with Crippen molar-refractivity contribution in [3.8, 4) is 22.5 Å². The number of carbonyl (C=O) groups excluding carboxylic acids is 1. The van der Waals surface area contributed by atoms with Gasteiger partial charge in [0.15, 0.2) is 0 Å². The van der Waals surface area contributed by atoms with Crippen LogP contribution in [0.25, 0.3) is 33.5 Å². The second-order valence-corrected chi connectivity index (χ2v) is 11.6. The third-order valence-corrected chi connectivity index (χ3v) is 7.85. The number of imidazole rings is 1. The summed E-state index contributed by atoms with van der Waals surface area (Å²) in [7, 11) is 0. The molecule has 2 N–H and O–H groups in total.